The Labute approximate surface area is 84.2 Å². The van der Waals surface area contributed by atoms with Crippen LogP contribution in [0.3, 0.4) is 0 Å². The van der Waals surface area contributed by atoms with E-state index in [1.54, 1.807) is 17.4 Å². The van der Waals surface area contributed by atoms with E-state index < -0.39 is 0 Å². The first-order valence-electron chi connectivity index (χ1n) is 3.68. The summed E-state index contributed by atoms with van der Waals surface area (Å²) < 4.78 is 1.10. The molecule has 0 aromatic carbocycles. The molecule has 0 N–H and O–H groups in total. The molecule has 0 fully saturated rings. The number of aldehydes is 1. The molecule has 0 spiro atoms. The Hall–Kier alpha value is -0.410. The zero-order valence-electron chi connectivity index (χ0n) is 6.71. The monoisotopic (exact) mass is 244 g/mol. The molecule has 64 valence electrons. The van der Waals surface area contributed by atoms with Crippen LogP contribution in [0.25, 0.3) is 5.57 Å². The van der Waals surface area contributed by atoms with Gasteiger partial charge in [0.05, 0.1) is 3.79 Å². The third-order valence-corrected chi connectivity index (χ3v) is 3.24. The molecule has 1 aromatic heterocycles. The lowest BCUT2D eigenvalue weighted by atomic mass is 10.1. The number of carbonyl (C=O) groups is 1. The second kappa shape index (κ2) is 4.58. The van der Waals surface area contributed by atoms with Gasteiger partial charge in [0.2, 0.25) is 0 Å². The summed E-state index contributed by atoms with van der Waals surface area (Å²) in [5.74, 6) is 0. The van der Waals surface area contributed by atoms with Crippen LogP contribution in [0, 0.1) is 0 Å². The Morgan fingerprint density at radius 2 is 2.42 bits per heavy atom. The summed E-state index contributed by atoms with van der Waals surface area (Å²) in [6.07, 6.45) is 3.36. The molecule has 0 saturated heterocycles. The summed E-state index contributed by atoms with van der Waals surface area (Å²) in [6.45, 7) is 2.04. The average molecular weight is 245 g/mol. The normalized spacial score (nSPS) is 11.7. The summed E-state index contributed by atoms with van der Waals surface area (Å²) in [5.41, 5.74) is 1.10. The molecule has 12 heavy (non-hydrogen) atoms. The van der Waals surface area contributed by atoms with Gasteiger partial charge < -0.3 is 0 Å². The van der Waals surface area contributed by atoms with Crippen LogP contribution in [0.1, 0.15) is 18.2 Å². The van der Waals surface area contributed by atoms with Gasteiger partial charge in [-0.3, -0.25) is 4.79 Å². The van der Waals surface area contributed by atoms with E-state index in [1.807, 2.05) is 19.1 Å². The van der Waals surface area contributed by atoms with Gasteiger partial charge >= 0.3 is 0 Å². The Bertz CT molecular complexity index is 301. The van der Waals surface area contributed by atoms with Crippen molar-refractivity contribution >= 4 is 39.1 Å². The molecule has 0 aliphatic carbocycles. The van der Waals surface area contributed by atoms with Crippen LogP contribution in [0.4, 0.5) is 0 Å². The first-order valence-corrected chi connectivity index (χ1v) is 5.29. The smallest absolute Gasteiger partial charge is 0.143 e. The van der Waals surface area contributed by atoms with Gasteiger partial charge in [0.25, 0.3) is 0 Å². The van der Waals surface area contributed by atoms with Crippen molar-refractivity contribution < 1.29 is 4.79 Å². The Kier molecular flexibility index (Phi) is 3.69. The summed E-state index contributed by atoms with van der Waals surface area (Å²) in [7, 11) is 0. The molecule has 1 heterocycles. The van der Waals surface area contributed by atoms with E-state index in [2.05, 4.69) is 15.9 Å². The molecular formula is C9H9BrOS. The van der Waals surface area contributed by atoms with Crippen molar-refractivity contribution in [2.24, 2.45) is 0 Å². The molecule has 0 bridgehead atoms. The Morgan fingerprint density at radius 1 is 1.67 bits per heavy atom. The fourth-order valence-electron chi connectivity index (χ4n) is 0.943. The number of hydrogen-bond acceptors (Lipinski definition) is 2. The van der Waals surface area contributed by atoms with Crippen molar-refractivity contribution in [3.63, 3.8) is 0 Å². The molecule has 0 saturated carbocycles. The van der Waals surface area contributed by atoms with Crippen molar-refractivity contribution in [1.82, 2.24) is 0 Å². The van der Waals surface area contributed by atoms with E-state index >= 15 is 0 Å². The van der Waals surface area contributed by atoms with Crippen molar-refractivity contribution in [3.8, 4) is 0 Å². The number of carbonyl (C=O) groups excluding carboxylic acids is 1. The minimum absolute atomic E-state index is 0.840. The maximum absolute atomic E-state index is 10.3. The van der Waals surface area contributed by atoms with Gasteiger partial charge in [0, 0.05) is 4.88 Å². The molecule has 1 aromatic rings. The highest BCUT2D eigenvalue weighted by Gasteiger charge is 2.01. The summed E-state index contributed by atoms with van der Waals surface area (Å²) >= 11 is 5.03. The lowest BCUT2D eigenvalue weighted by Crippen LogP contribution is -1.76. The Morgan fingerprint density at radius 3 is 2.83 bits per heavy atom. The van der Waals surface area contributed by atoms with E-state index in [0.717, 1.165) is 26.9 Å². The second-order valence-corrected chi connectivity index (χ2v) is 4.75. The highest BCUT2D eigenvalue weighted by atomic mass is 79.9. The van der Waals surface area contributed by atoms with Gasteiger partial charge in [-0.15, -0.1) is 11.3 Å². The second-order valence-electron chi connectivity index (χ2n) is 2.29. The Balaban J connectivity index is 2.94. The van der Waals surface area contributed by atoms with E-state index in [-0.39, 0.29) is 0 Å². The fraction of sp³-hybridized carbons (Fsp3) is 0.222. The van der Waals surface area contributed by atoms with E-state index in [9.17, 15) is 4.79 Å². The summed E-state index contributed by atoms with van der Waals surface area (Å²) in [4.78, 5) is 11.4. The van der Waals surface area contributed by atoms with Gasteiger partial charge in [0.15, 0.2) is 0 Å². The average Bonchev–Trinajstić information content (AvgIpc) is 2.47. The predicted molar refractivity (Wildman–Crippen MR) is 56.4 cm³/mol. The first kappa shape index (κ1) is 9.68. The molecule has 1 rings (SSSR count). The maximum Gasteiger partial charge on any atom is 0.143 e. The first-order chi connectivity index (χ1) is 5.77. The summed E-state index contributed by atoms with van der Waals surface area (Å²) in [6, 6.07) is 4.02. The molecule has 0 aliphatic rings. The van der Waals surface area contributed by atoms with Crippen LogP contribution >= 0.6 is 27.3 Å². The largest absolute Gasteiger partial charge is 0.299 e. The number of halogens is 1. The highest BCUT2D eigenvalue weighted by Crippen LogP contribution is 2.29. The molecule has 0 amide bonds. The van der Waals surface area contributed by atoms with Gasteiger partial charge in [-0.2, -0.15) is 0 Å². The fourth-order valence-corrected chi connectivity index (χ4v) is 2.42. The standard InChI is InChI=1S/C9H9BrOS/c1-2-7(5-6-11)8-3-4-9(10)12-8/h3-6H,2H2,1H3. The van der Waals surface area contributed by atoms with Crippen molar-refractivity contribution in [3.05, 3.63) is 26.9 Å². The number of allylic oxidation sites excluding steroid dienone is 2. The van der Waals surface area contributed by atoms with Gasteiger partial charge in [-0.05, 0) is 46.1 Å². The molecule has 3 heteroatoms. The van der Waals surface area contributed by atoms with Crippen LogP contribution in [0.15, 0.2) is 22.0 Å². The number of rotatable bonds is 3. The zero-order valence-corrected chi connectivity index (χ0v) is 9.11. The number of thiophene rings is 1. The van der Waals surface area contributed by atoms with Gasteiger partial charge in [-0.25, -0.2) is 0 Å². The van der Waals surface area contributed by atoms with Crippen LogP contribution in [-0.2, 0) is 4.79 Å². The predicted octanol–water partition coefficient (Wildman–Crippen LogP) is 3.50. The quantitative estimate of drug-likeness (QED) is 0.588. The highest BCUT2D eigenvalue weighted by molar-refractivity contribution is 9.11. The van der Waals surface area contributed by atoms with Crippen LogP contribution < -0.4 is 0 Å². The molecule has 0 atom stereocenters. The minimum Gasteiger partial charge on any atom is -0.299 e. The molecule has 0 unspecified atom stereocenters. The van der Waals surface area contributed by atoms with Crippen molar-refractivity contribution in [1.29, 1.82) is 0 Å². The zero-order chi connectivity index (χ0) is 8.97. The molecule has 0 aliphatic heterocycles. The summed E-state index contributed by atoms with van der Waals surface area (Å²) in [5, 5.41) is 0. The number of hydrogen-bond donors (Lipinski definition) is 0. The van der Waals surface area contributed by atoms with Crippen molar-refractivity contribution in [2.75, 3.05) is 0 Å². The van der Waals surface area contributed by atoms with Crippen LogP contribution in [0.5, 0.6) is 0 Å². The van der Waals surface area contributed by atoms with E-state index in [1.165, 1.54) is 0 Å². The topological polar surface area (TPSA) is 17.1 Å². The SMILES string of the molecule is CCC(=CC=O)c1ccc(Br)s1. The lowest BCUT2D eigenvalue weighted by Gasteiger charge is -1.96. The van der Waals surface area contributed by atoms with Crippen molar-refractivity contribution in [2.45, 2.75) is 13.3 Å². The van der Waals surface area contributed by atoms with Crippen LogP contribution in [0.2, 0.25) is 0 Å². The molecule has 0 radical (unpaired) electrons. The molecular weight excluding hydrogens is 236 g/mol. The molecule has 1 nitrogen and oxygen atoms in total. The van der Waals surface area contributed by atoms with Gasteiger partial charge in [0.1, 0.15) is 6.29 Å². The lowest BCUT2D eigenvalue weighted by molar-refractivity contribution is -0.104. The third kappa shape index (κ3) is 2.29. The van der Waals surface area contributed by atoms with E-state index in [4.69, 9.17) is 0 Å². The van der Waals surface area contributed by atoms with Crippen LogP contribution in [-0.4, -0.2) is 6.29 Å². The van der Waals surface area contributed by atoms with Gasteiger partial charge in [-0.1, -0.05) is 6.92 Å². The third-order valence-electron chi connectivity index (χ3n) is 1.54. The maximum atomic E-state index is 10.3. The van der Waals surface area contributed by atoms with E-state index in [0.29, 0.717) is 0 Å². The minimum atomic E-state index is 0.840.